The van der Waals surface area contributed by atoms with E-state index < -0.39 is 0 Å². The number of amides is 3. The Kier molecular flexibility index (Phi) is 4.56. The number of fused-ring (bicyclic) bond motifs is 1. The van der Waals surface area contributed by atoms with Crippen LogP contribution in [0.25, 0.3) is 0 Å². The van der Waals surface area contributed by atoms with Crippen LogP contribution in [-0.2, 0) is 11.2 Å². The summed E-state index contributed by atoms with van der Waals surface area (Å²) in [5.41, 5.74) is 3.38. The van der Waals surface area contributed by atoms with E-state index in [-0.39, 0.29) is 18.0 Å². The molecule has 130 valence electrons. The van der Waals surface area contributed by atoms with Gasteiger partial charge in [0.15, 0.2) is 0 Å². The van der Waals surface area contributed by atoms with Crippen molar-refractivity contribution in [2.24, 2.45) is 0 Å². The van der Waals surface area contributed by atoms with Crippen molar-refractivity contribution in [3.63, 3.8) is 0 Å². The number of anilines is 3. The molecule has 7 nitrogen and oxygen atoms in total. The van der Waals surface area contributed by atoms with Gasteiger partial charge in [0.2, 0.25) is 5.91 Å². The summed E-state index contributed by atoms with van der Waals surface area (Å²) >= 11 is 0. The first kappa shape index (κ1) is 16.8. The van der Waals surface area contributed by atoms with Crippen molar-refractivity contribution in [3.05, 3.63) is 47.7 Å². The van der Waals surface area contributed by atoms with Gasteiger partial charge in [0.25, 0.3) is 0 Å². The second kappa shape index (κ2) is 6.80. The Morgan fingerprint density at radius 1 is 1.28 bits per heavy atom. The van der Waals surface area contributed by atoms with E-state index >= 15 is 0 Å². The number of benzene rings is 1. The topological polar surface area (TPSA) is 86.4 Å². The van der Waals surface area contributed by atoms with Crippen LogP contribution in [0.1, 0.15) is 24.1 Å². The number of hydrogen-bond donors (Lipinski definition) is 3. The lowest BCUT2D eigenvalue weighted by Crippen LogP contribution is -2.31. The van der Waals surface area contributed by atoms with Crippen LogP contribution in [-0.4, -0.2) is 31.0 Å². The largest absolute Gasteiger partial charge is 0.363 e. The number of nitrogens with zero attached hydrogens (tertiary/aromatic N) is 2. The summed E-state index contributed by atoms with van der Waals surface area (Å²) in [5, 5.41) is 8.46. The van der Waals surface area contributed by atoms with Crippen LogP contribution in [0.4, 0.5) is 22.0 Å². The van der Waals surface area contributed by atoms with Gasteiger partial charge in [-0.1, -0.05) is 12.1 Å². The van der Waals surface area contributed by atoms with Crippen molar-refractivity contribution in [1.29, 1.82) is 0 Å². The molecule has 2 heterocycles. The summed E-state index contributed by atoms with van der Waals surface area (Å²) < 4.78 is 0. The van der Waals surface area contributed by atoms with Gasteiger partial charge in [-0.25, -0.2) is 9.78 Å². The molecule has 0 saturated heterocycles. The van der Waals surface area contributed by atoms with Gasteiger partial charge < -0.3 is 20.9 Å². The number of rotatable bonds is 4. The fraction of sp³-hybridized carbons (Fsp3) is 0.278. The normalized spacial score (nSPS) is 13.6. The molecule has 0 unspecified atom stereocenters. The molecule has 1 aromatic carbocycles. The monoisotopic (exact) mass is 339 g/mol. The van der Waals surface area contributed by atoms with E-state index in [9.17, 15) is 9.59 Å². The third-order valence-corrected chi connectivity index (χ3v) is 4.07. The second-order valence-electron chi connectivity index (χ2n) is 6.26. The lowest BCUT2D eigenvalue weighted by atomic mass is 10.0. The molecule has 3 N–H and O–H groups in total. The average molecular weight is 339 g/mol. The van der Waals surface area contributed by atoms with Crippen LogP contribution in [0.3, 0.4) is 0 Å². The van der Waals surface area contributed by atoms with Crippen LogP contribution >= 0.6 is 0 Å². The van der Waals surface area contributed by atoms with Gasteiger partial charge in [0, 0.05) is 19.8 Å². The molecule has 0 fully saturated rings. The molecular weight excluding hydrogens is 318 g/mol. The van der Waals surface area contributed by atoms with E-state index in [1.54, 1.807) is 12.3 Å². The number of urea groups is 1. The summed E-state index contributed by atoms with van der Waals surface area (Å²) in [4.78, 5) is 29.8. The zero-order valence-corrected chi connectivity index (χ0v) is 14.5. The Balaban J connectivity index is 1.61. The number of carbonyl (C=O) groups excluding carboxylic acids is 2. The number of pyridine rings is 1. The van der Waals surface area contributed by atoms with Gasteiger partial charge >= 0.3 is 6.03 Å². The van der Waals surface area contributed by atoms with Crippen LogP contribution < -0.4 is 20.9 Å². The van der Waals surface area contributed by atoms with Gasteiger partial charge in [-0.3, -0.25) is 4.79 Å². The molecular formula is C18H21N5O2. The van der Waals surface area contributed by atoms with E-state index in [1.165, 1.54) is 0 Å². The maximum atomic E-state index is 12.2. The summed E-state index contributed by atoms with van der Waals surface area (Å²) in [6.07, 6.45) is 2.00. The van der Waals surface area contributed by atoms with E-state index in [1.807, 2.05) is 50.2 Å². The first-order valence-corrected chi connectivity index (χ1v) is 8.06. The van der Waals surface area contributed by atoms with Crippen LogP contribution in [0, 0.1) is 0 Å². The quantitative estimate of drug-likeness (QED) is 0.799. The molecule has 1 aromatic heterocycles. The fourth-order valence-electron chi connectivity index (χ4n) is 2.69. The highest BCUT2D eigenvalue weighted by Crippen LogP contribution is 2.26. The summed E-state index contributed by atoms with van der Waals surface area (Å²) in [7, 11) is 3.81. The molecule has 3 amide bonds. The third-order valence-electron chi connectivity index (χ3n) is 4.07. The molecule has 3 rings (SSSR count). The van der Waals surface area contributed by atoms with Crippen LogP contribution in [0.15, 0.2) is 36.5 Å². The van der Waals surface area contributed by atoms with Crippen molar-refractivity contribution in [2.75, 3.05) is 29.6 Å². The van der Waals surface area contributed by atoms with Gasteiger partial charge in [0.05, 0.1) is 24.3 Å². The fourth-order valence-corrected chi connectivity index (χ4v) is 2.69. The molecule has 0 spiro atoms. The Labute approximate surface area is 146 Å². The number of nitrogens with one attached hydrogen (secondary N) is 3. The van der Waals surface area contributed by atoms with Crippen molar-refractivity contribution in [1.82, 2.24) is 10.3 Å². The standard InChI is InChI=1S/C18H21N5O2/c1-11(12-4-6-15-13(8-12)9-17(24)22-15)20-18(25)21-14-5-7-16(19-10-14)23(2)3/h4-8,10-11H,9H2,1-3H3,(H,22,24)(H2,20,21,25)/t11-/m0/s1. The molecule has 7 heteroatoms. The molecule has 0 aliphatic carbocycles. The van der Waals surface area contributed by atoms with Gasteiger partial charge in [-0.2, -0.15) is 0 Å². The SMILES string of the molecule is C[C@H](NC(=O)Nc1ccc(N(C)C)nc1)c1ccc2c(c1)CC(=O)N2. The van der Waals surface area contributed by atoms with Gasteiger partial charge in [-0.05, 0) is 36.2 Å². The van der Waals surface area contributed by atoms with Gasteiger partial charge in [-0.15, -0.1) is 0 Å². The molecule has 0 bridgehead atoms. The molecule has 0 radical (unpaired) electrons. The maximum Gasteiger partial charge on any atom is 0.319 e. The first-order valence-electron chi connectivity index (χ1n) is 8.06. The number of hydrogen-bond acceptors (Lipinski definition) is 4. The predicted molar refractivity (Wildman–Crippen MR) is 97.9 cm³/mol. The highest BCUT2D eigenvalue weighted by Gasteiger charge is 2.19. The Hall–Kier alpha value is -3.09. The highest BCUT2D eigenvalue weighted by molar-refractivity contribution is 5.99. The molecule has 1 atom stereocenters. The zero-order valence-electron chi connectivity index (χ0n) is 14.5. The maximum absolute atomic E-state index is 12.2. The van der Waals surface area contributed by atoms with Crippen molar-refractivity contribution in [2.45, 2.75) is 19.4 Å². The molecule has 0 saturated carbocycles. The lowest BCUT2D eigenvalue weighted by molar-refractivity contribution is -0.115. The highest BCUT2D eigenvalue weighted by atomic mass is 16.2. The Morgan fingerprint density at radius 3 is 2.76 bits per heavy atom. The molecule has 25 heavy (non-hydrogen) atoms. The summed E-state index contributed by atoms with van der Waals surface area (Å²) in [6, 6.07) is 8.88. The first-order chi connectivity index (χ1) is 11.9. The number of carbonyl (C=O) groups is 2. The van der Waals surface area contributed by atoms with Gasteiger partial charge in [0.1, 0.15) is 5.82 Å². The van der Waals surface area contributed by atoms with E-state index in [0.717, 1.165) is 22.6 Å². The van der Waals surface area contributed by atoms with E-state index in [2.05, 4.69) is 20.9 Å². The average Bonchev–Trinajstić information content (AvgIpc) is 2.94. The van der Waals surface area contributed by atoms with Crippen molar-refractivity contribution >= 4 is 29.1 Å². The summed E-state index contributed by atoms with van der Waals surface area (Å²) in [5.74, 6) is 0.819. The molecule has 1 aliphatic heterocycles. The minimum atomic E-state index is -0.304. The predicted octanol–water partition coefficient (Wildman–Crippen LogP) is 2.52. The van der Waals surface area contributed by atoms with Crippen molar-refractivity contribution < 1.29 is 9.59 Å². The number of aromatic nitrogens is 1. The Bertz CT molecular complexity index is 802. The van der Waals surface area contributed by atoms with E-state index in [4.69, 9.17) is 0 Å². The zero-order chi connectivity index (χ0) is 18.0. The minimum absolute atomic E-state index is 0.000763. The summed E-state index contributed by atoms with van der Waals surface area (Å²) in [6.45, 7) is 1.90. The van der Waals surface area contributed by atoms with E-state index in [0.29, 0.717) is 12.1 Å². The Morgan fingerprint density at radius 2 is 2.08 bits per heavy atom. The second-order valence-corrected chi connectivity index (χ2v) is 6.26. The smallest absolute Gasteiger partial charge is 0.319 e. The third kappa shape index (κ3) is 3.88. The van der Waals surface area contributed by atoms with Crippen molar-refractivity contribution in [3.8, 4) is 0 Å². The minimum Gasteiger partial charge on any atom is -0.363 e. The molecule has 2 aromatic rings. The molecule has 1 aliphatic rings. The van der Waals surface area contributed by atoms with Crippen LogP contribution in [0.5, 0.6) is 0 Å². The van der Waals surface area contributed by atoms with Crippen LogP contribution in [0.2, 0.25) is 0 Å². The lowest BCUT2D eigenvalue weighted by Gasteiger charge is -2.16.